The molecule has 0 bridgehead atoms. The third-order valence-electron chi connectivity index (χ3n) is 4.62. The Morgan fingerprint density at radius 2 is 2.15 bits per heavy atom. The standard InChI is InChI=1S/C19H19FN4O2/c1-23-10-9-22-18(23)15-12-21-8-11-24(15)19(25)17-7-6-16(26-17)13-4-2-3-5-14(13)20/h2-7,9-10,15,21H,8,11-12H2,1H3. The van der Waals surface area contributed by atoms with Crippen molar-refractivity contribution in [3.8, 4) is 11.3 Å². The average molecular weight is 354 g/mol. The lowest BCUT2D eigenvalue weighted by molar-refractivity contribution is 0.0589. The van der Waals surface area contributed by atoms with Crippen LogP contribution >= 0.6 is 0 Å². The molecule has 1 aliphatic heterocycles. The highest BCUT2D eigenvalue weighted by molar-refractivity contribution is 5.92. The summed E-state index contributed by atoms with van der Waals surface area (Å²) in [5, 5.41) is 3.30. The molecule has 134 valence electrons. The van der Waals surface area contributed by atoms with E-state index < -0.39 is 0 Å². The van der Waals surface area contributed by atoms with Gasteiger partial charge in [-0.2, -0.15) is 0 Å². The zero-order valence-electron chi connectivity index (χ0n) is 14.4. The summed E-state index contributed by atoms with van der Waals surface area (Å²) in [7, 11) is 1.91. The quantitative estimate of drug-likeness (QED) is 0.785. The smallest absolute Gasteiger partial charge is 0.290 e. The van der Waals surface area contributed by atoms with Gasteiger partial charge in [0.15, 0.2) is 5.76 Å². The molecule has 0 saturated carbocycles. The van der Waals surface area contributed by atoms with E-state index in [9.17, 15) is 9.18 Å². The predicted octanol–water partition coefficient (Wildman–Crippen LogP) is 2.61. The molecule has 4 rings (SSSR count). The van der Waals surface area contributed by atoms with Crippen LogP contribution in [-0.4, -0.2) is 40.0 Å². The van der Waals surface area contributed by atoms with Crippen molar-refractivity contribution in [3.05, 3.63) is 66.2 Å². The number of nitrogens with one attached hydrogen (secondary N) is 1. The van der Waals surface area contributed by atoms with Gasteiger partial charge in [0.25, 0.3) is 5.91 Å². The van der Waals surface area contributed by atoms with E-state index in [0.29, 0.717) is 31.0 Å². The summed E-state index contributed by atoms with van der Waals surface area (Å²) in [5.74, 6) is 0.752. The van der Waals surface area contributed by atoms with Gasteiger partial charge in [-0.25, -0.2) is 9.37 Å². The molecule has 26 heavy (non-hydrogen) atoms. The normalized spacial score (nSPS) is 17.5. The van der Waals surface area contributed by atoms with Gasteiger partial charge in [0.2, 0.25) is 0 Å². The lowest BCUT2D eigenvalue weighted by atomic mass is 10.1. The summed E-state index contributed by atoms with van der Waals surface area (Å²) >= 11 is 0. The number of halogens is 1. The maximum atomic E-state index is 14.0. The van der Waals surface area contributed by atoms with E-state index >= 15 is 0 Å². The van der Waals surface area contributed by atoms with Crippen molar-refractivity contribution in [1.29, 1.82) is 0 Å². The Morgan fingerprint density at radius 3 is 2.92 bits per heavy atom. The number of imidazole rings is 1. The molecule has 0 radical (unpaired) electrons. The molecule has 1 aromatic carbocycles. The van der Waals surface area contributed by atoms with Crippen molar-refractivity contribution in [3.63, 3.8) is 0 Å². The first kappa shape index (κ1) is 16.5. The van der Waals surface area contributed by atoms with Crippen molar-refractivity contribution in [2.75, 3.05) is 19.6 Å². The Morgan fingerprint density at radius 1 is 1.31 bits per heavy atom. The van der Waals surface area contributed by atoms with Crippen molar-refractivity contribution in [1.82, 2.24) is 19.8 Å². The number of hydrogen-bond acceptors (Lipinski definition) is 4. The van der Waals surface area contributed by atoms with Crippen molar-refractivity contribution >= 4 is 5.91 Å². The Labute approximate surface area is 150 Å². The second-order valence-electron chi connectivity index (χ2n) is 6.26. The molecule has 6 nitrogen and oxygen atoms in total. The van der Waals surface area contributed by atoms with Crippen molar-refractivity contribution in [2.24, 2.45) is 7.05 Å². The fourth-order valence-electron chi connectivity index (χ4n) is 3.28. The summed E-state index contributed by atoms with van der Waals surface area (Å²) < 4.78 is 21.5. The van der Waals surface area contributed by atoms with Gasteiger partial charge in [-0.1, -0.05) is 12.1 Å². The molecule has 1 aliphatic rings. The highest BCUT2D eigenvalue weighted by Crippen LogP contribution is 2.28. The number of rotatable bonds is 3. The topological polar surface area (TPSA) is 63.3 Å². The predicted molar refractivity (Wildman–Crippen MR) is 94.0 cm³/mol. The zero-order valence-corrected chi connectivity index (χ0v) is 14.4. The molecule has 1 fully saturated rings. The Kier molecular flexibility index (Phi) is 4.30. The number of carbonyl (C=O) groups excluding carboxylic acids is 1. The van der Waals surface area contributed by atoms with Crippen LogP contribution in [0, 0.1) is 5.82 Å². The number of aromatic nitrogens is 2. The Hall–Kier alpha value is -2.93. The summed E-state index contributed by atoms with van der Waals surface area (Å²) in [4.78, 5) is 19.2. The van der Waals surface area contributed by atoms with Crippen molar-refractivity contribution < 1.29 is 13.6 Å². The van der Waals surface area contributed by atoms with Gasteiger partial charge in [-0.05, 0) is 24.3 Å². The van der Waals surface area contributed by atoms with E-state index in [1.54, 1.807) is 41.4 Å². The summed E-state index contributed by atoms with van der Waals surface area (Å²) in [5.41, 5.74) is 0.340. The van der Waals surface area contributed by atoms with Gasteiger partial charge in [-0.3, -0.25) is 4.79 Å². The number of carbonyl (C=O) groups is 1. The van der Waals surface area contributed by atoms with E-state index in [-0.39, 0.29) is 23.5 Å². The highest BCUT2D eigenvalue weighted by Gasteiger charge is 2.32. The fourth-order valence-corrected chi connectivity index (χ4v) is 3.28. The van der Waals surface area contributed by atoms with Gasteiger partial charge in [-0.15, -0.1) is 0 Å². The monoisotopic (exact) mass is 354 g/mol. The largest absolute Gasteiger partial charge is 0.451 e. The van der Waals surface area contributed by atoms with Gasteiger partial charge in [0, 0.05) is 39.1 Å². The third-order valence-corrected chi connectivity index (χ3v) is 4.62. The minimum atomic E-state index is -0.381. The number of amides is 1. The number of benzene rings is 1. The molecule has 1 N–H and O–H groups in total. The third kappa shape index (κ3) is 2.90. The lowest BCUT2D eigenvalue weighted by Gasteiger charge is -2.35. The second kappa shape index (κ2) is 6.76. The molecule has 3 aromatic rings. The molecule has 3 heterocycles. The number of furan rings is 1. The average Bonchev–Trinajstić information content (AvgIpc) is 3.31. The van der Waals surface area contributed by atoms with Crippen LogP contribution in [0.4, 0.5) is 4.39 Å². The summed E-state index contributed by atoms with van der Waals surface area (Å²) in [6, 6.07) is 9.39. The molecular formula is C19H19FN4O2. The van der Waals surface area contributed by atoms with E-state index in [4.69, 9.17) is 4.42 Å². The van der Waals surface area contributed by atoms with E-state index in [0.717, 1.165) is 5.82 Å². The number of aryl methyl sites for hydroxylation is 1. The zero-order chi connectivity index (χ0) is 18.1. The van der Waals surface area contributed by atoms with Crippen LogP contribution in [0.3, 0.4) is 0 Å². The molecule has 1 saturated heterocycles. The van der Waals surface area contributed by atoms with Gasteiger partial charge < -0.3 is 19.2 Å². The van der Waals surface area contributed by atoms with Gasteiger partial charge in [0.1, 0.15) is 23.4 Å². The first-order valence-electron chi connectivity index (χ1n) is 8.49. The maximum Gasteiger partial charge on any atom is 0.290 e. The van der Waals surface area contributed by atoms with Crippen LogP contribution in [0.25, 0.3) is 11.3 Å². The molecule has 7 heteroatoms. The molecule has 0 aliphatic carbocycles. The Balaban J connectivity index is 1.62. The molecule has 1 amide bonds. The molecule has 2 aromatic heterocycles. The van der Waals surface area contributed by atoms with Crippen LogP contribution in [0.15, 0.2) is 53.2 Å². The van der Waals surface area contributed by atoms with E-state index in [1.807, 2.05) is 17.8 Å². The van der Waals surface area contributed by atoms with E-state index in [1.165, 1.54) is 6.07 Å². The molecular weight excluding hydrogens is 335 g/mol. The minimum absolute atomic E-state index is 0.182. The molecule has 0 spiro atoms. The fraction of sp³-hybridized carbons (Fsp3) is 0.263. The highest BCUT2D eigenvalue weighted by atomic mass is 19.1. The first-order chi connectivity index (χ1) is 12.6. The van der Waals surface area contributed by atoms with Crippen LogP contribution in [0.2, 0.25) is 0 Å². The van der Waals surface area contributed by atoms with Crippen LogP contribution < -0.4 is 5.32 Å². The number of nitrogens with zero attached hydrogens (tertiary/aromatic N) is 3. The molecule has 1 unspecified atom stereocenters. The lowest BCUT2D eigenvalue weighted by Crippen LogP contribution is -2.49. The van der Waals surface area contributed by atoms with Crippen molar-refractivity contribution in [2.45, 2.75) is 6.04 Å². The number of piperazine rings is 1. The second-order valence-corrected chi connectivity index (χ2v) is 6.26. The van der Waals surface area contributed by atoms with Crippen LogP contribution in [0.1, 0.15) is 22.4 Å². The first-order valence-corrected chi connectivity index (χ1v) is 8.49. The van der Waals surface area contributed by atoms with Crippen LogP contribution in [-0.2, 0) is 7.05 Å². The maximum absolute atomic E-state index is 14.0. The van der Waals surface area contributed by atoms with Gasteiger partial charge in [0.05, 0.1) is 5.56 Å². The summed E-state index contributed by atoms with van der Waals surface area (Å²) in [6.07, 6.45) is 3.57. The number of hydrogen-bond donors (Lipinski definition) is 1. The SMILES string of the molecule is Cn1ccnc1C1CNCCN1C(=O)c1ccc(-c2ccccc2F)o1. The molecule has 1 atom stereocenters. The van der Waals surface area contributed by atoms with Crippen LogP contribution in [0.5, 0.6) is 0 Å². The summed E-state index contributed by atoms with van der Waals surface area (Å²) in [6.45, 7) is 1.87. The van der Waals surface area contributed by atoms with E-state index in [2.05, 4.69) is 10.3 Å². The minimum Gasteiger partial charge on any atom is -0.451 e. The van der Waals surface area contributed by atoms with Gasteiger partial charge >= 0.3 is 0 Å². The Bertz CT molecular complexity index is 933.